The number of carbonyl (C=O) groups excluding carboxylic acids is 2. The fraction of sp³-hybridized carbons (Fsp3) is 0.391. The first-order chi connectivity index (χ1) is 14.5. The third kappa shape index (κ3) is 4.50. The lowest BCUT2D eigenvalue weighted by molar-refractivity contribution is -0.147. The molecular weight excluding hydrogens is 386 g/mol. The summed E-state index contributed by atoms with van der Waals surface area (Å²) < 4.78 is 22.4. The molecule has 7 nitrogen and oxygen atoms in total. The first-order valence-electron chi connectivity index (χ1n) is 9.98. The standard InChI is InChI=1S/C23H27NO6/c1-5-28-22-19(27-4)10-9-16(21(22)30-13-20(25)29-12-14(2)3)15-7-6-8-17-18(15)11-24-23(17)26/h6-10,14H,5,11-13H2,1-4H3,(H,24,26). The molecule has 3 rings (SSSR count). The third-order valence-corrected chi connectivity index (χ3v) is 4.63. The number of esters is 1. The van der Waals surface area contributed by atoms with Gasteiger partial charge in [-0.2, -0.15) is 0 Å². The maximum Gasteiger partial charge on any atom is 0.344 e. The second-order valence-corrected chi connectivity index (χ2v) is 7.29. The van der Waals surface area contributed by atoms with Crippen LogP contribution in [0, 0.1) is 5.92 Å². The van der Waals surface area contributed by atoms with Gasteiger partial charge in [0.25, 0.3) is 5.91 Å². The average Bonchev–Trinajstić information content (AvgIpc) is 3.12. The van der Waals surface area contributed by atoms with Gasteiger partial charge >= 0.3 is 5.97 Å². The maximum absolute atomic E-state index is 12.1. The van der Waals surface area contributed by atoms with Crippen LogP contribution < -0.4 is 19.5 Å². The second-order valence-electron chi connectivity index (χ2n) is 7.29. The minimum absolute atomic E-state index is 0.106. The third-order valence-electron chi connectivity index (χ3n) is 4.63. The maximum atomic E-state index is 12.1. The molecule has 0 bridgehead atoms. The molecule has 160 valence electrons. The van der Waals surface area contributed by atoms with Crippen LogP contribution >= 0.6 is 0 Å². The lowest BCUT2D eigenvalue weighted by Gasteiger charge is -2.19. The summed E-state index contributed by atoms with van der Waals surface area (Å²) in [7, 11) is 1.54. The van der Waals surface area contributed by atoms with E-state index in [1.165, 1.54) is 0 Å². The van der Waals surface area contributed by atoms with E-state index in [-0.39, 0.29) is 18.4 Å². The molecule has 2 aromatic carbocycles. The van der Waals surface area contributed by atoms with Crippen LogP contribution in [0.3, 0.4) is 0 Å². The molecule has 0 saturated carbocycles. The molecule has 2 aromatic rings. The monoisotopic (exact) mass is 413 g/mol. The summed E-state index contributed by atoms with van der Waals surface area (Å²) in [6.45, 7) is 6.66. The molecule has 0 spiro atoms. The van der Waals surface area contributed by atoms with Gasteiger partial charge in [0.2, 0.25) is 5.75 Å². The van der Waals surface area contributed by atoms with E-state index in [9.17, 15) is 9.59 Å². The Hall–Kier alpha value is -3.22. The van der Waals surface area contributed by atoms with Crippen molar-refractivity contribution in [2.45, 2.75) is 27.3 Å². The molecule has 0 radical (unpaired) electrons. The summed E-state index contributed by atoms with van der Waals surface area (Å²) >= 11 is 0. The number of hydrogen-bond acceptors (Lipinski definition) is 6. The number of fused-ring (bicyclic) bond motifs is 1. The van der Waals surface area contributed by atoms with Crippen LogP contribution in [0.1, 0.15) is 36.7 Å². The van der Waals surface area contributed by atoms with Gasteiger partial charge in [-0.3, -0.25) is 4.79 Å². The molecule has 7 heteroatoms. The molecule has 30 heavy (non-hydrogen) atoms. The van der Waals surface area contributed by atoms with Crippen molar-refractivity contribution in [2.24, 2.45) is 5.92 Å². The van der Waals surface area contributed by atoms with Gasteiger partial charge in [0.1, 0.15) is 0 Å². The van der Waals surface area contributed by atoms with E-state index >= 15 is 0 Å². The van der Waals surface area contributed by atoms with Gasteiger partial charge in [0, 0.05) is 17.7 Å². The molecule has 1 heterocycles. The van der Waals surface area contributed by atoms with Crippen molar-refractivity contribution in [2.75, 3.05) is 26.9 Å². The Balaban J connectivity index is 2.02. The number of rotatable bonds is 9. The normalized spacial score (nSPS) is 12.4. The molecule has 0 aromatic heterocycles. The highest BCUT2D eigenvalue weighted by atomic mass is 16.6. The van der Waals surface area contributed by atoms with E-state index < -0.39 is 5.97 Å². The quantitative estimate of drug-likeness (QED) is 0.633. The topological polar surface area (TPSA) is 83.1 Å². The van der Waals surface area contributed by atoms with E-state index in [4.69, 9.17) is 18.9 Å². The van der Waals surface area contributed by atoms with Crippen molar-refractivity contribution in [1.29, 1.82) is 0 Å². The molecule has 0 fully saturated rings. The highest BCUT2D eigenvalue weighted by Gasteiger charge is 2.26. The fourth-order valence-corrected chi connectivity index (χ4v) is 3.28. The highest BCUT2D eigenvalue weighted by molar-refractivity contribution is 6.01. The van der Waals surface area contributed by atoms with Crippen LogP contribution in [0.25, 0.3) is 11.1 Å². The van der Waals surface area contributed by atoms with Crippen molar-refractivity contribution in [3.8, 4) is 28.4 Å². The van der Waals surface area contributed by atoms with E-state index in [1.807, 2.05) is 39.0 Å². The summed E-state index contributed by atoms with van der Waals surface area (Å²) in [5.41, 5.74) is 3.05. The molecule has 0 unspecified atom stereocenters. The molecule has 1 N–H and O–H groups in total. The highest BCUT2D eigenvalue weighted by Crippen LogP contribution is 2.46. The van der Waals surface area contributed by atoms with Gasteiger partial charge in [0.15, 0.2) is 18.1 Å². The number of nitrogens with one attached hydrogen (secondary N) is 1. The SMILES string of the molecule is CCOc1c(OC)ccc(-c2cccc3c2CNC3=O)c1OCC(=O)OCC(C)C. The van der Waals surface area contributed by atoms with Crippen LogP contribution in [0.2, 0.25) is 0 Å². The minimum atomic E-state index is -0.463. The van der Waals surface area contributed by atoms with Gasteiger partial charge in [0.05, 0.1) is 20.3 Å². The molecule has 0 aliphatic carbocycles. The van der Waals surface area contributed by atoms with Crippen molar-refractivity contribution in [1.82, 2.24) is 5.32 Å². The number of benzene rings is 2. The van der Waals surface area contributed by atoms with Crippen molar-refractivity contribution in [3.05, 3.63) is 41.5 Å². The smallest absolute Gasteiger partial charge is 0.344 e. The van der Waals surface area contributed by atoms with E-state index in [2.05, 4.69) is 5.32 Å². The van der Waals surface area contributed by atoms with E-state index in [0.717, 1.165) is 11.1 Å². The zero-order valence-electron chi connectivity index (χ0n) is 17.7. The summed E-state index contributed by atoms with van der Waals surface area (Å²) in [4.78, 5) is 24.2. The van der Waals surface area contributed by atoms with Gasteiger partial charge in [-0.05, 0) is 42.2 Å². The lowest BCUT2D eigenvalue weighted by atomic mass is 9.95. The summed E-state index contributed by atoms with van der Waals surface area (Å²) in [6, 6.07) is 9.16. The predicted octanol–water partition coefficient (Wildman–Crippen LogP) is 3.58. The molecule has 1 aliphatic heterocycles. The van der Waals surface area contributed by atoms with Gasteiger partial charge in [-0.15, -0.1) is 0 Å². The Morgan fingerprint density at radius 2 is 1.83 bits per heavy atom. The first-order valence-corrected chi connectivity index (χ1v) is 9.98. The zero-order chi connectivity index (χ0) is 21.7. The number of hydrogen-bond donors (Lipinski definition) is 1. The largest absolute Gasteiger partial charge is 0.493 e. The van der Waals surface area contributed by atoms with Gasteiger partial charge < -0.3 is 24.3 Å². The van der Waals surface area contributed by atoms with Gasteiger partial charge in [-0.25, -0.2) is 4.79 Å². The summed E-state index contributed by atoms with van der Waals surface area (Å²) in [5.74, 6) is 0.944. The fourth-order valence-electron chi connectivity index (χ4n) is 3.28. The van der Waals surface area contributed by atoms with Gasteiger partial charge in [-0.1, -0.05) is 26.0 Å². The Morgan fingerprint density at radius 1 is 1.07 bits per heavy atom. The molecular formula is C23H27NO6. The Kier molecular flexibility index (Phi) is 6.82. The number of methoxy groups -OCH3 is 1. The molecule has 0 saturated heterocycles. The van der Waals surface area contributed by atoms with Crippen LogP contribution in [-0.4, -0.2) is 38.8 Å². The van der Waals surface area contributed by atoms with Crippen molar-refractivity contribution >= 4 is 11.9 Å². The van der Waals surface area contributed by atoms with Crippen LogP contribution in [-0.2, 0) is 16.1 Å². The zero-order valence-corrected chi connectivity index (χ0v) is 17.7. The number of ether oxygens (including phenoxy) is 4. The number of carbonyl (C=O) groups is 2. The number of amides is 1. The van der Waals surface area contributed by atoms with Crippen LogP contribution in [0.4, 0.5) is 0 Å². The Labute approximate surface area is 176 Å². The van der Waals surface area contributed by atoms with Crippen LogP contribution in [0.15, 0.2) is 30.3 Å². The molecule has 1 amide bonds. The first kappa shape index (κ1) is 21.5. The van der Waals surface area contributed by atoms with E-state index in [1.54, 1.807) is 19.2 Å². The average molecular weight is 413 g/mol. The lowest BCUT2D eigenvalue weighted by Crippen LogP contribution is -2.18. The molecule has 1 aliphatic rings. The van der Waals surface area contributed by atoms with Crippen molar-refractivity contribution in [3.63, 3.8) is 0 Å². The van der Waals surface area contributed by atoms with Crippen LogP contribution in [0.5, 0.6) is 17.2 Å². The second kappa shape index (κ2) is 9.52. The Morgan fingerprint density at radius 3 is 2.53 bits per heavy atom. The summed E-state index contributed by atoms with van der Waals surface area (Å²) in [6.07, 6.45) is 0. The summed E-state index contributed by atoms with van der Waals surface area (Å²) in [5, 5.41) is 2.84. The molecule has 0 atom stereocenters. The van der Waals surface area contributed by atoms with E-state index in [0.29, 0.717) is 48.1 Å². The predicted molar refractivity (Wildman–Crippen MR) is 112 cm³/mol. The minimum Gasteiger partial charge on any atom is -0.493 e. The van der Waals surface area contributed by atoms with Crippen molar-refractivity contribution < 1.29 is 28.5 Å². The Bertz CT molecular complexity index is 938.